The molecule has 0 aliphatic rings. The lowest BCUT2D eigenvalue weighted by Gasteiger charge is -2.13. The molecule has 1 heterocycles. The van der Waals surface area contributed by atoms with E-state index in [1.807, 2.05) is 0 Å². The number of hydrogen-bond donors (Lipinski definition) is 1. The summed E-state index contributed by atoms with van der Waals surface area (Å²) >= 11 is 1.20. The largest absolute Gasteiger partial charge is 0.416 e. The number of halogens is 3. The summed E-state index contributed by atoms with van der Waals surface area (Å²) in [6.07, 6.45) is -2.55. The van der Waals surface area contributed by atoms with Crippen molar-refractivity contribution in [3.05, 3.63) is 53.7 Å². The molecule has 0 aliphatic heterocycles. The Kier molecular flexibility index (Phi) is 4.67. The maximum absolute atomic E-state index is 13.0. The first-order valence-corrected chi connectivity index (χ1v) is 6.81. The van der Waals surface area contributed by atoms with Gasteiger partial charge in [0.25, 0.3) is 0 Å². The third kappa shape index (κ3) is 3.74. The minimum absolute atomic E-state index is 0.190. The summed E-state index contributed by atoms with van der Waals surface area (Å²) in [6, 6.07) is 9.62. The van der Waals surface area contributed by atoms with Crippen LogP contribution in [0, 0.1) is 0 Å². The Hall–Kier alpha value is -1.53. The summed E-state index contributed by atoms with van der Waals surface area (Å²) in [5.74, 6) is 0. The van der Waals surface area contributed by atoms with Crippen molar-refractivity contribution >= 4 is 11.8 Å². The fourth-order valence-corrected chi connectivity index (χ4v) is 2.60. The molecule has 20 heavy (non-hydrogen) atoms. The molecule has 1 aromatic carbocycles. The molecule has 0 radical (unpaired) electrons. The zero-order valence-electron chi connectivity index (χ0n) is 10.5. The van der Waals surface area contributed by atoms with Gasteiger partial charge in [-0.2, -0.15) is 13.2 Å². The first-order chi connectivity index (χ1) is 9.50. The molecule has 1 aromatic heterocycles. The summed E-state index contributed by atoms with van der Waals surface area (Å²) < 4.78 is 39.1. The molecule has 0 saturated heterocycles. The molecule has 0 aliphatic carbocycles. The SMILES string of the molecule is NCCc1ccc(Sc2ccccn2)cc1C(F)(F)F. The van der Waals surface area contributed by atoms with Crippen molar-refractivity contribution in [2.75, 3.05) is 6.54 Å². The van der Waals surface area contributed by atoms with Crippen molar-refractivity contribution in [3.8, 4) is 0 Å². The summed E-state index contributed by atoms with van der Waals surface area (Å²) in [6.45, 7) is 0.190. The smallest absolute Gasteiger partial charge is 0.330 e. The molecule has 0 bridgehead atoms. The van der Waals surface area contributed by atoms with E-state index in [0.717, 1.165) is 6.07 Å². The van der Waals surface area contributed by atoms with Crippen LogP contribution in [0.3, 0.4) is 0 Å². The first kappa shape index (κ1) is 14.9. The Labute approximate surface area is 119 Å². The number of hydrogen-bond acceptors (Lipinski definition) is 3. The van der Waals surface area contributed by atoms with Gasteiger partial charge in [-0.1, -0.05) is 23.9 Å². The maximum atomic E-state index is 13.0. The van der Waals surface area contributed by atoms with Crippen LogP contribution in [0.5, 0.6) is 0 Å². The molecule has 0 unspecified atom stereocenters. The summed E-state index contributed by atoms with van der Waals surface area (Å²) in [4.78, 5) is 4.60. The van der Waals surface area contributed by atoms with Crippen molar-refractivity contribution < 1.29 is 13.2 Å². The minimum atomic E-state index is -4.37. The van der Waals surface area contributed by atoms with Crippen LogP contribution in [-0.4, -0.2) is 11.5 Å². The van der Waals surface area contributed by atoms with Crippen LogP contribution in [-0.2, 0) is 12.6 Å². The zero-order valence-corrected chi connectivity index (χ0v) is 11.3. The summed E-state index contributed by atoms with van der Waals surface area (Å²) in [5.41, 5.74) is 4.96. The number of nitrogens with two attached hydrogens (primary N) is 1. The molecule has 0 spiro atoms. The molecule has 2 N–H and O–H groups in total. The predicted molar refractivity (Wildman–Crippen MR) is 72.6 cm³/mol. The number of alkyl halides is 3. The van der Waals surface area contributed by atoms with E-state index in [0.29, 0.717) is 9.92 Å². The lowest BCUT2D eigenvalue weighted by atomic mass is 10.0. The molecular formula is C14H13F3N2S. The lowest BCUT2D eigenvalue weighted by molar-refractivity contribution is -0.138. The van der Waals surface area contributed by atoms with Crippen LogP contribution in [0.1, 0.15) is 11.1 Å². The van der Waals surface area contributed by atoms with E-state index in [1.165, 1.54) is 17.8 Å². The predicted octanol–water partition coefficient (Wildman–Crippen LogP) is 3.75. The van der Waals surface area contributed by atoms with Gasteiger partial charge in [0.2, 0.25) is 0 Å². The molecule has 2 rings (SSSR count). The third-order valence-corrected chi connectivity index (χ3v) is 3.60. The topological polar surface area (TPSA) is 38.9 Å². The average molecular weight is 298 g/mol. The van der Waals surface area contributed by atoms with E-state index in [1.54, 1.807) is 30.5 Å². The Bertz CT molecular complexity index is 570. The molecule has 6 heteroatoms. The second kappa shape index (κ2) is 6.28. The molecular weight excluding hydrogens is 285 g/mol. The lowest BCUT2D eigenvalue weighted by Crippen LogP contribution is -2.12. The molecule has 0 amide bonds. The van der Waals surface area contributed by atoms with Crippen LogP contribution in [0.2, 0.25) is 0 Å². The van der Waals surface area contributed by atoms with E-state index >= 15 is 0 Å². The number of pyridine rings is 1. The summed E-state index contributed by atoms with van der Waals surface area (Å²) in [7, 11) is 0. The molecule has 0 fully saturated rings. The van der Waals surface area contributed by atoms with Gasteiger partial charge in [-0.3, -0.25) is 0 Å². The van der Waals surface area contributed by atoms with Gasteiger partial charge in [0, 0.05) is 11.1 Å². The zero-order chi connectivity index (χ0) is 14.6. The first-order valence-electron chi connectivity index (χ1n) is 6.00. The van der Waals surface area contributed by atoms with Crippen LogP contribution in [0.15, 0.2) is 52.5 Å². The highest BCUT2D eigenvalue weighted by molar-refractivity contribution is 7.99. The van der Waals surface area contributed by atoms with Crippen LogP contribution >= 0.6 is 11.8 Å². The third-order valence-electron chi connectivity index (χ3n) is 2.66. The molecule has 0 atom stereocenters. The van der Waals surface area contributed by atoms with Crippen LogP contribution < -0.4 is 5.73 Å². The average Bonchev–Trinajstić information content (AvgIpc) is 2.41. The number of benzene rings is 1. The van der Waals surface area contributed by atoms with Crippen LogP contribution in [0.25, 0.3) is 0 Å². The normalized spacial score (nSPS) is 11.6. The van der Waals surface area contributed by atoms with E-state index in [9.17, 15) is 13.2 Å². The van der Waals surface area contributed by atoms with E-state index in [2.05, 4.69) is 4.98 Å². The second-order valence-corrected chi connectivity index (χ2v) is 5.22. The number of rotatable bonds is 4. The quantitative estimate of drug-likeness (QED) is 0.934. The summed E-state index contributed by atoms with van der Waals surface area (Å²) in [5, 5.41) is 0.659. The second-order valence-electron chi connectivity index (χ2n) is 4.13. The van der Waals surface area contributed by atoms with Gasteiger partial charge in [-0.25, -0.2) is 4.98 Å². The van der Waals surface area contributed by atoms with Gasteiger partial charge >= 0.3 is 6.18 Å². The number of aromatic nitrogens is 1. The Morgan fingerprint density at radius 3 is 2.55 bits per heavy atom. The fraction of sp³-hybridized carbons (Fsp3) is 0.214. The van der Waals surface area contributed by atoms with Crippen molar-refractivity contribution in [1.29, 1.82) is 0 Å². The Morgan fingerprint density at radius 1 is 1.15 bits per heavy atom. The Balaban J connectivity index is 2.32. The monoisotopic (exact) mass is 298 g/mol. The van der Waals surface area contributed by atoms with Crippen molar-refractivity contribution in [3.63, 3.8) is 0 Å². The highest BCUT2D eigenvalue weighted by Crippen LogP contribution is 2.36. The highest BCUT2D eigenvalue weighted by atomic mass is 32.2. The van der Waals surface area contributed by atoms with Gasteiger partial charge < -0.3 is 5.73 Å². The highest BCUT2D eigenvalue weighted by Gasteiger charge is 2.33. The van der Waals surface area contributed by atoms with Gasteiger partial charge in [0.05, 0.1) is 5.56 Å². The molecule has 0 saturated carbocycles. The van der Waals surface area contributed by atoms with E-state index in [4.69, 9.17) is 5.73 Å². The number of nitrogens with zero attached hydrogens (tertiary/aromatic N) is 1. The van der Waals surface area contributed by atoms with Gasteiger partial charge in [0.1, 0.15) is 5.03 Å². The van der Waals surface area contributed by atoms with E-state index < -0.39 is 11.7 Å². The van der Waals surface area contributed by atoms with Gasteiger partial charge in [0.15, 0.2) is 0 Å². The maximum Gasteiger partial charge on any atom is 0.416 e. The minimum Gasteiger partial charge on any atom is -0.330 e. The molecule has 2 nitrogen and oxygen atoms in total. The van der Waals surface area contributed by atoms with Crippen molar-refractivity contribution in [2.24, 2.45) is 5.73 Å². The van der Waals surface area contributed by atoms with Crippen molar-refractivity contribution in [2.45, 2.75) is 22.5 Å². The van der Waals surface area contributed by atoms with Crippen LogP contribution in [0.4, 0.5) is 13.2 Å². The van der Waals surface area contributed by atoms with E-state index in [-0.39, 0.29) is 18.5 Å². The van der Waals surface area contributed by atoms with Gasteiger partial charge in [-0.15, -0.1) is 0 Å². The molecule has 106 valence electrons. The Morgan fingerprint density at radius 2 is 1.95 bits per heavy atom. The van der Waals surface area contributed by atoms with Gasteiger partial charge in [-0.05, 0) is 42.8 Å². The standard InChI is InChI=1S/C14H13F3N2S/c15-14(16,17)12-9-11(5-4-10(12)6-7-18)20-13-3-1-2-8-19-13/h1-5,8-9H,6-7,18H2. The fourth-order valence-electron chi connectivity index (χ4n) is 1.78. The molecule has 2 aromatic rings. The van der Waals surface area contributed by atoms with Crippen molar-refractivity contribution in [1.82, 2.24) is 4.98 Å².